The third-order valence-electron chi connectivity index (χ3n) is 2.56. The Labute approximate surface area is 87.0 Å². The second-order valence-corrected chi connectivity index (χ2v) is 3.48. The number of halogens is 1. The molecular weight excluding hydrogens is 187 g/mol. The van der Waals surface area contributed by atoms with Crippen LogP contribution >= 0.6 is 0 Å². The summed E-state index contributed by atoms with van der Waals surface area (Å²) in [7, 11) is 0. The summed E-state index contributed by atoms with van der Waals surface area (Å²) in [4.78, 5) is 0. The Morgan fingerprint density at radius 3 is 2.80 bits per heavy atom. The van der Waals surface area contributed by atoms with E-state index < -0.39 is 0 Å². The van der Waals surface area contributed by atoms with Crippen LogP contribution in [0, 0.1) is 17.9 Å². The van der Waals surface area contributed by atoms with Gasteiger partial charge in [-0.3, -0.25) is 0 Å². The molecule has 0 unspecified atom stereocenters. The van der Waals surface area contributed by atoms with Crippen LogP contribution in [0.25, 0.3) is 21.5 Å². The molecule has 0 nitrogen and oxygen atoms in total. The third-order valence-corrected chi connectivity index (χ3v) is 2.56. The van der Waals surface area contributed by atoms with Crippen molar-refractivity contribution in [3.63, 3.8) is 0 Å². The number of hydrogen-bond donors (Lipinski definition) is 0. The first kappa shape index (κ1) is 8.42. The third kappa shape index (κ3) is 1.28. The van der Waals surface area contributed by atoms with E-state index in [1.807, 2.05) is 30.3 Å². The predicted molar refractivity (Wildman–Crippen MR) is 59.1 cm³/mol. The molecule has 0 heterocycles. The van der Waals surface area contributed by atoms with Gasteiger partial charge in [0.2, 0.25) is 0 Å². The van der Waals surface area contributed by atoms with Crippen LogP contribution in [0.15, 0.2) is 42.5 Å². The van der Waals surface area contributed by atoms with Crippen molar-refractivity contribution in [1.29, 1.82) is 0 Å². The molecule has 0 bridgehead atoms. The molecule has 0 saturated carbocycles. The van der Waals surface area contributed by atoms with Gasteiger partial charge in [-0.25, -0.2) is 4.39 Å². The standard InChI is InChI=1S/C14H7F/c15-12-7-8-14-11(9-12)6-5-10-3-1-2-4-13(10)14/h2-8H. The fraction of sp³-hybridized carbons (Fsp3) is 0. The van der Waals surface area contributed by atoms with Crippen molar-refractivity contribution in [3.05, 3.63) is 60.4 Å². The Morgan fingerprint density at radius 2 is 1.87 bits per heavy atom. The maximum absolute atomic E-state index is 13.0. The number of benzene rings is 3. The smallest absolute Gasteiger partial charge is 0.131 e. The predicted octanol–water partition coefficient (Wildman–Crippen LogP) is 3.73. The van der Waals surface area contributed by atoms with Gasteiger partial charge in [-0.05, 0) is 39.7 Å². The van der Waals surface area contributed by atoms with E-state index in [2.05, 4.69) is 12.1 Å². The van der Waals surface area contributed by atoms with Crippen molar-refractivity contribution in [3.8, 4) is 0 Å². The van der Waals surface area contributed by atoms with E-state index in [-0.39, 0.29) is 5.82 Å². The van der Waals surface area contributed by atoms with Gasteiger partial charge in [0.25, 0.3) is 0 Å². The molecule has 3 rings (SSSR count). The van der Waals surface area contributed by atoms with Crippen LogP contribution < -0.4 is 0 Å². The number of hydrogen-bond acceptors (Lipinski definition) is 0. The molecule has 2 radical (unpaired) electrons. The second-order valence-electron chi connectivity index (χ2n) is 3.48. The lowest BCUT2D eigenvalue weighted by Gasteiger charge is -2.02. The van der Waals surface area contributed by atoms with E-state index in [0.29, 0.717) is 0 Å². The van der Waals surface area contributed by atoms with Crippen molar-refractivity contribution in [1.82, 2.24) is 0 Å². The van der Waals surface area contributed by atoms with Crippen molar-refractivity contribution in [2.75, 3.05) is 0 Å². The molecule has 15 heavy (non-hydrogen) atoms. The van der Waals surface area contributed by atoms with Gasteiger partial charge in [0, 0.05) is 6.07 Å². The largest absolute Gasteiger partial charge is 0.206 e. The fourth-order valence-electron chi connectivity index (χ4n) is 1.85. The Kier molecular flexibility index (Phi) is 1.72. The second kappa shape index (κ2) is 3.06. The van der Waals surface area contributed by atoms with Crippen LogP contribution in [-0.2, 0) is 0 Å². The zero-order valence-electron chi connectivity index (χ0n) is 7.92. The van der Waals surface area contributed by atoms with Crippen LogP contribution in [0.4, 0.5) is 4.39 Å². The van der Waals surface area contributed by atoms with Crippen LogP contribution in [0.2, 0.25) is 0 Å². The summed E-state index contributed by atoms with van der Waals surface area (Å²) >= 11 is 0. The molecular formula is C14H7F. The Morgan fingerprint density at radius 1 is 0.933 bits per heavy atom. The molecule has 1 heteroatoms. The molecule has 0 aliphatic rings. The topological polar surface area (TPSA) is 0 Å². The van der Waals surface area contributed by atoms with E-state index in [0.717, 1.165) is 21.5 Å². The van der Waals surface area contributed by atoms with Crippen molar-refractivity contribution >= 4 is 21.5 Å². The Hall–Kier alpha value is -1.89. The van der Waals surface area contributed by atoms with Crippen molar-refractivity contribution in [2.45, 2.75) is 0 Å². The van der Waals surface area contributed by atoms with Gasteiger partial charge in [-0.2, -0.15) is 0 Å². The molecule has 0 N–H and O–H groups in total. The number of fused-ring (bicyclic) bond motifs is 3. The summed E-state index contributed by atoms with van der Waals surface area (Å²) in [5, 5.41) is 4.07. The minimum absolute atomic E-state index is 0.315. The molecule has 70 valence electrons. The molecule has 0 aromatic heterocycles. The summed E-state index contributed by atoms with van der Waals surface area (Å²) in [5.74, 6) is -0.315. The van der Waals surface area contributed by atoms with Gasteiger partial charge < -0.3 is 0 Å². The highest BCUT2D eigenvalue weighted by atomic mass is 19.1. The highest BCUT2D eigenvalue weighted by Gasteiger charge is 2.00. The average Bonchev–Trinajstić information content (AvgIpc) is 2.28. The van der Waals surface area contributed by atoms with Gasteiger partial charge in [-0.1, -0.05) is 30.3 Å². The minimum Gasteiger partial charge on any atom is -0.206 e. The van der Waals surface area contributed by atoms with Gasteiger partial charge >= 0.3 is 0 Å². The van der Waals surface area contributed by atoms with Crippen LogP contribution in [0.3, 0.4) is 0 Å². The molecule has 0 saturated heterocycles. The lowest BCUT2D eigenvalue weighted by molar-refractivity contribution is 0.627. The normalized spacial score (nSPS) is 11.0. The summed E-state index contributed by atoms with van der Waals surface area (Å²) in [6.07, 6.45) is 0. The first-order chi connectivity index (χ1) is 7.34. The lowest BCUT2D eigenvalue weighted by atomic mass is 10.0. The Bertz CT molecular complexity index is 641. The molecule has 0 aliphatic carbocycles. The van der Waals surface area contributed by atoms with Gasteiger partial charge in [0.05, 0.1) is 0 Å². The first-order valence-electron chi connectivity index (χ1n) is 4.75. The monoisotopic (exact) mass is 194 g/mol. The van der Waals surface area contributed by atoms with Gasteiger partial charge in [0.1, 0.15) is 5.82 Å². The van der Waals surface area contributed by atoms with E-state index >= 15 is 0 Å². The average molecular weight is 194 g/mol. The van der Waals surface area contributed by atoms with Crippen LogP contribution in [0.5, 0.6) is 0 Å². The van der Waals surface area contributed by atoms with E-state index in [4.69, 9.17) is 0 Å². The molecule has 0 atom stereocenters. The number of rotatable bonds is 0. The molecule has 3 aromatic carbocycles. The summed E-state index contributed by atoms with van der Waals surface area (Å²) < 4.78 is 13.0. The molecule has 0 fully saturated rings. The molecule has 0 aliphatic heterocycles. The van der Waals surface area contributed by atoms with Gasteiger partial charge in [0.15, 0.2) is 0 Å². The van der Waals surface area contributed by atoms with Gasteiger partial charge in [-0.15, -0.1) is 0 Å². The highest BCUT2D eigenvalue weighted by Crippen LogP contribution is 2.24. The minimum atomic E-state index is -0.315. The van der Waals surface area contributed by atoms with E-state index in [1.165, 1.54) is 6.07 Å². The van der Waals surface area contributed by atoms with E-state index in [1.54, 1.807) is 6.07 Å². The fourth-order valence-corrected chi connectivity index (χ4v) is 1.85. The highest BCUT2D eigenvalue weighted by molar-refractivity contribution is 6.07. The summed E-state index contributed by atoms with van der Waals surface area (Å²) in [5.41, 5.74) is 0. The molecule has 0 spiro atoms. The van der Waals surface area contributed by atoms with E-state index in [9.17, 15) is 4.39 Å². The quantitative estimate of drug-likeness (QED) is 0.478. The zero-order chi connectivity index (χ0) is 10.3. The van der Waals surface area contributed by atoms with Crippen molar-refractivity contribution in [2.24, 2.45) is 0 Å². The summed E-state index contributed by atoms with van der Waals surface area (Å²) in [6, 6.07) is 18.6. The maximum atomic E-state index is 13.0. The van der Waals surface area contributed by atoms with Crippen molar-refractivity contribution < 1.29 is 4.39 Å². The maximum Gasteiger partial charge on any atom is 0.131 e. The van der Waals surface area contributed by atoms with Crippen LogP contribution in [-0.4, -0.2) is 0 Å². The summed E-state index contributed by atoms with van der Waals surface area (Å²) in [6.45, 7) is 0. The Balaban J connectivity index is 2.55. The molecule has 0 amide bonds. The first-order valence-corrected chi connectivity index (χ1v) is 4.75. The van der Waals surface area contributed by atoms with Crippen LogP contribution in [0.1, 0.15) is 0 Å². The molecule has 3 aromatic rings. The zero-order valence-corrected chi connectivity index (χ0v) is 7.92. The lowest BCUT2D eigenvalue weighted by Crippen LogP contribution is -1.79. The SMILES string of the molecule is Fc1[c]c2ccc3c[c]ccc3c2cc1.